The van der Waals surface area contributed by atoms with Crippen LogP contribution in [0.3, 0.4) is 0 Å². The summed E-state index contributed by atoms with van der Waals surface area (Å²) in [7, 11) is 3.47. The monoisotopic (exact) mass is 536 g/mol. The Labute approximate surface area is 226 Å². The maximum absolute atomic E-state index is 11.7. The zero-order chi connectivity index (χ0) is 26.2. The van der Waals surface area contributed by atoms with Crippen LogP contribution in [0.25, 0.3) is 0 Å². The van der Waals surface area contributed by atoms with E-state index in [0.29, 0.717) is 24.9 Å². The van der Waals surface area contributed by atoms with Gasteiger partial charge in [-0.3, -0.25) is 14.5 Å². The van der Waals surface area contributed by atoms with Crippen molar-refractivity contribution in [1.29, 1.82) is 0 Å². The number of nitrogens with one attached hydrogen (secondary N) is 1. The number of piperazine rings is 1. The Kier molecular flexibility index (Phi) is 15.4. The topological polar surface area (TPSA) is 73.0 Å². The van der Waals surface area contributed by atoms with Gasteiger partial charge in [0.2, 0.25) is 5.91 Å². The molecule has 1 N–H and O–H groups in total. The van der Waals surface area contributed by atoms with Crippen molar-refractivity contribution in [2.45, 2.75) is 62.4 Å². The molecule has 1 heterocycles. The standard InChI is InChI=1S/C27H44N4O3S2/c1-28-27(34)13-12-24(22-33)29(2)20-25-23(21-32)10-9-11-26(25)36-19-8-6-4-5-7-14-30-15-17-31(35-3)18-16-30/h9-11,21-22,24H,4-8,12-20H2,1-3H3,(H,28,34). The fraction of sp³-hybridized carbons (Fsp3) is 0.667. The van der Waals surface area contributed by atoms with E-state index < -0.39 is 0 Å². The fourth-order valence-corrected chi connectivity index (χ4v) is 6.07. The zero-order valence-corrected chi connectivity index (χ0v) is 23.9. The Morgan fingerprint density at radius 3 is 2.50 bits per heavy atom. The summed E-state index contributed by atoms with van der Waals surface area (Å²) in [5.41, 5.74) is 1.63. The minimum atomic E-state index is -0.366. The van der Waals surface area contributed by atoms with Crippen LogP contribution in [-0.2, 0) is 16.1 Å². The van der Waals surface area contributed by atoms with E-state index in [1.165, 1.54) is 58.4 Å². The second kappa shape index (κ2) is 18.0. The van der Waals surface area contributed by atoms with Crippen molar-refractivity contribution in [3.63, 3.8) is 0 Å². The van der Waals surface area contributed by atoms with E-state index in [2.05, 4.69) is 26.8 Å². The molecule has 0 bridgehead atoms. The number of unbranched alkanes of at least 4 members (excludes halogenated alkanes) is 4. The zero-order valence-electron chi connectivity index (χ0n) is 22.2. The van der Waals surface area contributed by atoms with Crippen LogP contribution < -0.4 is 5.32 Å². The van der Waals surface area contributed by atoms with Crippen molar-refractivity contribution in [3.05, 3.63) is 29.3 Å². The summed E-state index contributed by atoms with van der Waals surface area (Å²) < 4.78 is 2.44. The molecule has 0 aromatic heterocycles. The second-order valence-electron chi connectivity index (χ2n) is 9.34. The van der Waals surface area contributed by atoms with Crippen molar-refractivity contribution >= 4 is 42.2 Å². The number of benzene rings is 1. The van der Waals surface area contributed by atoms with Crippen molar-refractivity contribution < 1.29 is 14.4 Å². The Balaban J connectivity index is 1.73. The third-order valence-corrected chi connectivity index (χ3v) is 8.91. The Bertz CT molecular complexity index is 803. The number of rotatable bonds is 18. The Morgan fingerprint density at radius 1 is 1.11 bits per heavy atom. The van der Waals surface area contributed by atoms with E-state index in [4.69, 9.17) is 0 Å². The molecule has 1 aliphatic rings. The van der Waals surface area contributed by atoms with Crippen LogP contribution in [0.15, 0.2) is 23.1 Å². The first kappa shape index (κ1) is 30.8. The van der Waals surface area contributed by atoms with Crippen LogP contribution in [0.2, 0.25) is 0 Å². The van der Waals surface area contributed by atoms with Crippen LogP contribution in [-0.4, -0.2) is 97.5 Å². The lowest BCUT2D eigenvalue weighted by atomic mass is 10.1. The first-order valence-corrected chi connectivity index (χ1v) is 15.3. The number of amides is 1. The molecule has 1 aliphatic heterocycles. The third kappa shape index (κ3) is 10.9. The smallest absolute Gasteiger partial charge is 0.219 e. The number of carbonyl (C=O) groups excluding carboxylic acids is 3. The quantitative estimate of drug-likeness (QED) is 0.131. The highest BCUT2D eigenvalue weighted by Gasteiger charge is 2.19. The normalized spacial score (nSPS) is 15.7. The van der Waals surface area contributed by atoms with Gasteiger partial charge in [0.15, 0.2) is 0 Å². The number of hydrogen-bond donors (Lipinski definition) is 1. The number of nitrogens with zero attached hydrogens (tertiary/aromatic N) is 3. The Morgan fingerprint density at radius 2 is 1.83 bits per heavy atom. The maximum atomic E-state index is 11.7. The van der Waals surface area contributed by atoms with Crippen LogP contribution in [0.1, 0.15) is 60.9 Å². The molecular weight excluding hydrogens is 492 g/mol. The van der Waals surface area contributed by atoms with Crippen molar-refractivity contribution in [2.24, 2.45) is 0 Å². The predicted octanol–water partition coefficient (Wildman–Crippen LogP) is 3.96. The molecule has 1 aromatic carbocycles. The number of carbonyl (C=O) groups is 3. The second-order valence-corrected chi connectivity index (χ2v) is 11.4. The summed E-state index contributed by atoms with van der Waals surface area (Å²) in [4.78, 5) is 40.6. The molecule has 1 atom stereocenters. The molecule has 9 heteroatoms. The molecule has 2 rings (SSSR count). The van der Waals surface area contributed by atoms with Gasteiger partial charge in [0, 0.05) is 56.7 Å². The van der Waals surface area contributed by atoms with Crippen molar-refractivity contribution in [2.75, 3.05) is 58.8 Å². The molecule has 0 aliphatic carbocycles. The molecule has 1 fully saturated rings. The van der Waals surface area contributed by atoms with Gasteiger partial charge in [-0.2, -0.15) is 0 Å². The van der Waals surface area contributed by atoms with E-state index in [1.807, 2.05) is 36.0 Å². The molecular formula is C27H44N4O3S2. The van der Waals surface area contributed by atoms with Crippen molar-refractivity contribution in [3.8, 4) is 0 Å². The molecule has 0 radical (unpaired) electrons. The summed E-state index contributed by atoms with van der Waals surface area (Å²) in [5.74, 6) is 0.942. The molecule has 202 valence electrons. The van der Waals surface area contributed by atoms with E-state index >= 15 is 0 Å². The molecule has 0 saturated carbocycles. The van der Waals surface area contributed by atoms with E-state index in [1.54, 1.807) is 18.8 Å². The first-order chi connectivity index (χ1) is 17.5. The average molecular weight is 537 g/mol. The van der Waals surface area contributed by atoms with Gasteiger partial charge < -0.3 is 15.0 Å². The molecule has 1 aromatic rings. The first-order valence-electron chi connectivity index (χ1n) is 13.1. The molecule has 0 spiro atoms. The van der Waals surface area contributed by atoms with Gasteiger partial charge in [0.25, 0.3) is 0 Å². The summed E-state index contributed by atoms with van der Waals surface area (Å²) >= 11 is 3.65. The maximum Gasteiger partial charge on any atom is 0.219 e. The SMILES string of the molecule is CNC(=O)CCC(C=O)N(C)Cc1c(C=O)cccc1SCCCCCCCN1CCN(SC)CC1. The summed E-state index contributed by atoms with van der Waals surface area (Å²) in [6.07, 6.45) is 10.9. The highest BCUT2D eigenvalue weighted by atomic mass is 32.2. The van der Waals surface area contributed by atoms with Gasteiger partial charge >= 0.3 is 0 Å². The largest absolute Gasteiger partial charge is 0.359 e. The van der Waals surface area contributed by atoms with Gasteiger partial charge in [-0.05, 0) is 56.5 Å². The lowest BCUT2D eigenvalue weighted by molar-refractivity contribution is -0.121. The van der Waals surface area contributed by atoms with Crippen LogP contribution in [0.5, 0.6) is 0 Å². The highest BCUT2D eigenvalue weighted by molar-refractivity contribution is 7.99. The van der Waals surface area contributed by atoms with Crippen molar-refractivity contribution in [1.82, 2.24) is 19.4 Å². The molecule has 1 amide bonds. The number of likely N-dealkylation sites (N-methyl/N-ethyl adjacent to an activating group) is 1. The van der Waals surface area contributed by atoms with Gasteiger partial charge in [-0.1, -0.05) is 43.3 Å². The fourth-order valence-electron chi connectivity index (χ4n) is 4.45. The molecule has 1 saturated heterocycles. The van der Waals surface area contributed by atoms with E-state index in [0.717, 1.165) is 35.2 Å². The number of hydrogen-bond acceptors (Lipinski definition) is 8. The van der Waals surface area contributed by atoms with Crippen LogP contribution in [0, 0.1) is 0 Å². The third-order valence-electron chi connectivity index (χ3n) is 6.84. The predicted molar refractivity (Wildman–Crippen MR) is 152 cm³/mol. The van der Waals surface area contributed by atoms with E-state index in [9.17, 15) is 14.4 Å². The van der Waals surface area contributed by atoms with Gasteiger partial charge in [0.05, 0.1) is 6.04 Å². The highest BCUT2D eigenvalue weighted by Crippen LogP contribution is 2.28. The lowest BCUT2D eigenvalue weighted by Gasteiger charge is -2.33. The van der Waals surface area contributed by atoms with Gasteiger partial charge in [0.1, 0.15) is 12.6 Å². The average Bonchev–Trinajstić information content (AvgIpc) is 2.91. The van der Waals surface area contributed by atoms with Gasteiger partial charge in [-0.15, -0.1) is 11.8 Å². The number of aldehydes is 2. The Hall–Kier alpha value is -1.39. The van der Waals surface area contributed by atoms with Crippen LogP contribution >= 0.6 is 23.7 Å². The van der Waals surface area contributed by atoms with Gasteiger partial charge in [-0.25, -0.2) is 4.31 Å². The summed E-state index contributed by atoms with van der Waals surface area (Å²) in [5, 5.41) is 2.60. The molecule has 7 nitrogen and oxygen atoms in total. The lowest BCUT2D eigenvalue weighted by Crippen LogP contribution is -2.43. The van der Waals surface area contributed by atoms with E-state index in [-0.39, 0.29) is 11.9 Å². The molecule has 36 heavy (non-hydrogen) atoms. The minimum Gasteiger partial charge on any atom is -0.359 e. The molecule has 1 unspecified atom stereocenters. The summed E-state index contributed by atoms with van der Waals surface area (Å²) in [6.45, 7) is 6.45. The minimum absolute atomic E-state index is 0.0752. The van der Waals surface area contributed by atoms with Crippen LogP contribution in [0.4, 0.5) is 0 Å². The number of thioether (sulfide) groups is 1. The summed E-state index contributed by atoms with van der Waals surface area (Å²) in [6, 6.07) is 5.46.